The van der Waals surface area contributed by atoms with Crippen molar-refractivity contribution in [3.05, 3.63) is 41.0 Å². The lowest BCUT2D eigenvalue weighted by Gasteiger charge is -2.12. The van der Waals surface area contributed by atoms with Crippen LogP contribution in [0.3, 0.4) is 0 Å². The first-order valence-corrected chi connectivity index (χ1v) is 8.55. The number of aliphatic imine (C=N–C) groups is 1. The third-order valence-corrected chi connectivity index (χ3v) is 4.08. The van der Waals surface area contributed by atoms with Gasteiger partial charge in [0.25, 0.3) is 0 Å². The van der Waals surface area contributed by atoms with Gasteiger partial charge in [0.05, 0.1) is 7.11 Å². The highest BCUT2D eigenvalue weighted by Gasteiger charge is 2.05. The van der Waals surface area contributed by atoms with Crippen molar-refractivity contribution in [2.45, 2.75) is 33.7 Å². The van der Waals surface area contributed by atoms with Crippen LogP contribution < -0.4 is 15.4 Å². The highest BCUT2D eigenvalue weighted by Crippen LogP contribution is 2.18. The molecule has 0 aliphatic rings. The van der Waals surface area contributed by atoms with E-state index < -0.39 is 0 Å². The van der Waals surface area contributed by atoms with Crippen molar-refractivity contribution >= 4 is 5.96 Å². The highest BCUT2D eigenvalue weighted by atomic mass is 16.5. The van der Waals surface area contributed by atoms with Gasteiger partial charge < -0.3 is 19.9 Å². The molecule has 1 aromatic heterocycles. The van der Waals surface area contributed by atoms with Crippen LogP contribution in [-0.2, 0) is 20.0 Å². The number of nitrogens with zero attached hydrogens (tertiary/aromatic N) is 4. The molecule has 0 unspecified atom stereocenters. The Labute approximate surface area is 149 Å². The Hall–Kier alpha value is -2.57. The van der Waals surface area contributed by atoms with Crippen LogP contribution in [0.4, 0.5) is 0 Å². The molecule has 2 rings (SSSR count). The molecule has 0 saturated carbocycles. The van der Waals surface area contributed by atoms with Gasteiger partial charge in [0, 0.05) is 20.1 Å². The minimum Gasteiger partial charge on any atom is -0.496 e. The van der Waals surface area contributed by atoms with Crippen molar-refractivity contribution in [3.8, 4) is 5.75 Å². The van der Waals surface area contributed by atoms with Crippen molar-refractivity contribution in [2.75, 3.05) is 20.2 Å². The summed E-state index contributed by atoms with van der Waals surface area (Å²) in [4.78, 5) is 4.58. The molecule has 2 aromatic rings. The third kappa shape index (κ3) is 5.20. The maximum Gasteiger partial charge on any atom is 0.191 e. The fourth-order valence-electron chi connectivity index (χ4n) is 2.43. The molecule has 0 aliphatic carbocycles. The first kappa shape index (κ1) is 18.8. The molecule has 0 spiro atoms. The van der Waals surface area contributed by atoms with Crippen molar-refractivity contribution in [3.63, 3.8) is 0 Å². The van der Waals surface area contributed by atoms with Crippen LogP contribution in [0.25, 0.3) is 0 Å². The zero-order chi connectivity index (χ0) is 18.2. The van der Waals surface area contributed by atoms with Crippen LogP contribution in [0, 0.1) is 13.8 Å². The maximum absolute atomic E-state index is 5.38. The quantitative estimate of drug-likeness (QED) is 0.591. The van der Waals surface area contributed by atoms with Crippen LogP contribution in [0.2, 0.25) is 0 Å². The van der Waals surface area contributed by atoms with Crippen LogP contribution in [0.1, 0.15) is 29.7 Å². The number of hydrogen-bond donors (Lipinski definition) is 2. The van der Waals surface area contributed by atoms with Crippen LogP contribution in [0.5, 0.6) is 5.75 Å². The molecule has 0 radical (unpaired) electrons. The van der Waals surface area contributed by atoms with Gasteiger partial charge in [0.15, 0.2) is 11.8 Å². The molecule has 0 saturated heterocycles. The summed E-state index contributed by atoms with van der Waals surface area (Å²) >= 11 is 0. The van der Waals surface area contributed by atoms with E-state index in [1.54, 1.807) is 7.11 Å². The molecule has 0 amide bonds. The normalized spacial score (nSPS) is 11.5. The van der Waals surface area contributed by atoms with E-state index in [1.807, 2.05) is 25.5 Å². The van der Waals surface area contributed by atoms with E-state index in [1.165, 1.54) is 5.56 Å². The fourth-order valence-corrected chi connectivity index (χ4v) is 2.43. The Morgan fingerprint density at radius 2 is 2.04 bits per heavy atom. The summed E-state index contributed by atoms with van der Waals surface area (Å²) in [5.41, 5.74) is 2.38. The van der Waals surface area contributed by atoms with Crippen LogP contribution in [-0.4, -0.2) is 40.9 Å². The zero-order valence-electron chi connectivity index (χ0n) is 15.8. The smallest absolute Gasteiger partial charge is 0.191 e. The number of rotatable bonds is 7. The van der Waals surface area contributed by atoms with Crippen molar-refractivity contribution in [1.82, 2.24) is 25.4 Å². The summed E-state index contributed by atoms with van der Waals surface area (Å²) in [7, 11) is 3.65. The van der Waals surface area contributed by atoms with E-state index in [4.69, 9.17) is 4.74 Å². The molecule has 1 aromatic carbocycles. The van der Waals surface area contributed by atoms with E-state index in [0.29, 0.717) is 6.54 Å². The van der Waals surface area contributed by atoms with Gasteiger partial charge in [-0.05, 0) is 44.4 Å². The molecule has 7 heteroatoms. The summed E-state index contributed by atoms with van der Waals surface area (Å²) in [6, 6.07) is 6.30. The fraction of sp³-hybridized carbons (Fsp3) is 0.500. The molecule has 0 bridgehead atoms. The van der Waals surface area contributed by atoms with Gasteiger partial charge in [0.1, 0.15) is 18.1 Å². The lowest BCUT2D eigenvalue weighted by Crippen LogP contribution is -2.38. The van der Waals surface area contributed by atoms with E-state index in [2.05, 4.69) is 50.9 Å². The molecule has 136 valence electrons. The van der Waals surface area contributed by atoms with Crippen molar-refractivity contribution in [2.24, 2.45) is 12.0 Å². The van der Waals surface area contributed by atoms with Gasteiger partial charge in [-0.15, -0.1) is 10.2 Å². The summed E-state index contributed by atoms with van der Waals surface area (Å²) < 4.78 is 7.33. The molecular formula is C18H28N6O. The second-order valence-electron chi connectivity index (χ2n) is 5.90. The van der Waals surface area contributed by atoms with Gasteiger partial charge >= 0.3 is 0 Å². The number of guanidine groups is 1. The van der Waals surface area contributed by atoms with Crippen molar-refractivity contribution < 1.29 is 4.74 Å². The van der Waals surface area contributed by atoms with Crippen molar-refractivity contribution in [1.29, 1.82) is 0 Å². The molecule has 25 heavy (non-hydrogen) atoms. The number of ether oxygens (including phenoxy) is 1. The van der Waals surface area contributed by atoms with E-state index in [9.17, 15) is 0 Å². The van der Waals surface area contributed by atoms with Gasteiger partial charge in [-0.1, -0.05) is 12.1 Å². The first-order chi connectivity index (χ1) is 12.0. The van der Waals surface area contributed by atoms with Gasteiger partial charge in [-0.25, -0.2) is 4.99 Å². The summed E-state index contributed by atoms with van der Waals surface area (Å²) in [6.07, 6.45) is 0.893. The molecule has 1 heterocycles. The Kier molecular flexibility index (Phi) is 6.80. The SMILES string of the molecule is CCNC(=NCc1nnc(C)n1C)NCCc1ccc(C)c(OC)c1. The van der Waals surface area contributed by atoms with E-state index >= 15 is 0 Å². The average Bonchev–Trinajstić information content (AvgIpc) is 2.93. The summed E-state index contributed by atoms with van der Waals surface area (Å²) in [5, 5.41) is 14.8. The summed E-state index contributed by atoms with van der Waals surface area (Å²) in [5.74, 6) is 3.44. The average molecular weight is 344 g/mol. The van der Waals surface area contributed by atoms with Gasteiger partial charge in [0.2, 0.25) is 0 Å². The van der Waals surface area contributed by atoms with E-state index in [0.717, 1.165) is 48.4 Å². The van der Waals surface area contributed by atoms with Gasteiger partial charge in [-0.3, -0.25) is 0 Å². The number of aryl methyl sites for hydroxylation is 2. The Bertz CT molecular complexity index is 722. The zero-order valence-corrected chi connectivity index (χ0v) is 15.8. The van der Waals surface area contributed by atoms with Gasteiger partial charge in [-0.2, -0.15) is 0 Å². The Morgan fingerprint density at radius 1 is 1.24 bits per heavy atom. The van der Waals surface area contributed by atoms with Crippen LogP contribution >= 0.6 is 0 Å². The lowest BCUT2D eigenvalue weighted by atomic mass is 10.1. The highest BCUT2D eigenvalue weighted by molar-refractivity contribution is 5.79. The standard InChI is InChI=1S/C18H28N6O/c1-6-19-18(21-12-17-23-22-14(3)24(17)4)20-10-9-15-8-7-13(2)16(11-15)25-5/h7-8,11H,6,9-10,12H2,1-5H3,(H2,19,20,21). The maximum atomic E-state index is 5.38. The predicted molar refractivity (Wildman–Crippen MR) is 100.0 cm³/mol. The molecular weight excluding hydrogens is 316 g/mol. The summed E-state index contributed by atoms with van der Waals surface area (Å²) in [6.45, 7) is 8.11. The molecule has 2 N–H and O–H groups in total. The minimum atomic E-state index is 0.491. The lowest BCUT2D eigenvalue weighted by molar-refractivity contribution is 0.411. The first-order valence-electron chi connectivity index (χ1n) is 8.55. The topological polar surface area (TPSA) is 76.4 Å². The Morgan fingerprint density at radius 3 is 2.68 bits per heavy atom. The third-order valence-electron chi connectivity index (χ3n) is 4.08. The van der Waals surface area contributed by atoms with E-state index in [-0.39, 0.29) is 0 Å². The second-order valence-corrected chi connectivity index (χ2v) is 5.90. The van der Waals surface area contributed by atoms with Crippen LogP contribution in [0.15, 0.2) is 23.2 Å². The number of methoxy groups -OCH3 is 1. The Balaban J connectivity index is 1.92. The number of hydrogen-bond acceptors (Lipinski definition) is 4. The predicted octanol–water partition coefficient (Wildman–Crippen LogP) is 1.74. The number of aromatic nitrogens is 3. The molecule has 7 nitrogen and oxygen atoms in total. The minimum absolute atomic E-state index is 0.491. The molecule has 0 fully saturated rings. The number of nitrogens with one attached hydrogen (secondary N) is 2. The number of benzene rings is 1. The monoisotopic (exact) mass is 344 g/mol. The largest absolute Gasteiger partial charge is 0.496 e. The molecule has 0 aliphatic heterocycles. The molecule has 0 atom stereocenters. The second kappa shape index (κ2) is 9.05.